The van der Waals surface area contributed by atoms with Gasteiger partial charge in [-0.1, -0.05) is 23.8 Å². The van der Waals surface area contributed by atoms with Crippen LogP contribution in [0.2, 0.25) is 0 Å². The molecule has 0 spiro atoms. The van der Waals surface area contributed by atoms with Crippen molar-refractivity contribution in [2.45, 2.75) is 24.7 Å². The minimum absolute atomic E-state index is 0.162. The molecule has 138 valence electrons. The first-order valence-electron chi connectivity index (χ1n) is 8.40. The highest BCUT2D eigenvalue weighted by Crippen LogP contribution is 2.24. The lowest BCUT2D eigenvalue weighted by Gasteiger charge is -2.30. The molecular formula is C18H21N3O3S2. The van der Waals surface area contributed by atoms with Gasteiger partial charge >= 0.3 is 0 Å². The maximum atomic E-state index is 12.7. The zero-order valence-corrected chi connectivity index (χ0v) is 16.1. The average molecular weight is 392 g/mol. The van der Waals surface area contributed by atoms with Crippen LogP contribution >= 0.6 is 11.3 Å². The minimum Gasteiger partial charge on any atom is -0.273 e. The van der Waals surface area contributed by atoms with Gasteiger partial charge in [-0.3, -0.25) is 4.79 Å². The molecule has 3 rings (SSSR count). The second kappa shape index (κ2) is 8.11. The molecule has 1 aliphatic rings. The van der Waals surface area contributed by atoms with E-state index in [1.165, 1.54) is 15.6 Å². The normalized spacial score (nSPS) is 16.8. The van der Waals surface area contributed by atoms with Gasteiger partial charge in [0, 0.05) is 23.9 Å². The number of nitrogens with zero attached hydrogens (tertiary/aromatic N) is 2. The van der Waals surface area contributed by atoms with Crippen LogP contribution in [0.15, 0.2) is 51.8 Å². The molecule has 0 unspecified atom stereocenters. The number of hydrazone groups is 1. The summed E-state index contributed by atoms with van der Waals surface area (Å²) in [5.74, 6) is -0.384. The fourth-order valence-corrected chi connectivity index (χ4v) is 4.89. The first-order chi connectivity index (χ1) is 12.5. The highest BCUT2D eigenvalue weighted by atomic mass is 32.2. The van der Waals surface area contributed by atoms with Gasteiger partial charge in [-0.25, -0.2) is 13.8 Å². The standard InChI is InChI=1S/C18H21N3O3S2/c1-14-4-6-17(7-5-14)26(23,24)21-10-8-15(9-11-21)18(22)20-19-13-16-3-2-12-25-16/h2-7,12-13,15H,8-11H2,1H3,(H,20,22)/b19-13-. The molecular weight excluding hydrogens is 370 g/mol. The van der Waals surface area contributed by atoms with Crippen molar-refractivity contribution < 1.29 is 13.2 Å². The molecule has 2 aromatic rings. The molecule has 1 N–H and O–H groups in total. The lowest BCUT2D eigenvalue weighted by Crippen LogP contribution is -2.42. The predicted octanol–water partition coefficient (Wildman–Crippen LogP) is 2.61. The van der Waals surface area contributed by atoms with Crippen molar-refractivity contribution in [3.05, 3.63) is 52.2 Å². The largest absolute Gasteiger partial charge is 0.273 e. The van der Waals surface area contributed by atoms with Crippen molar-refractivity contribution >= 4 is 33.5 Å². The Labute approximate surface area is 157 Å². The van der Waals surface area contributed by atoms with Crippen LogP contribution in [0, 0.1) is 12.8 Å². The number of thiophene rings is 1. The fraction of sp³-hybridized carbons (Fsp3) is 0.333. The average Bonchev–Trinajstić information content (AvgIpc) is 3.15. The summed E-state index contributed by atoms with van der Waals surface area (Å²) >= 11 is 1.54. The summed E-state index contributed by atoms with van der Waals surface area (Å²) in [6, 6.07) is 10.7. The van der Waals surface area contributed by atoms with Gasteiger partial charge < -0.3 is 0 Å². The fourth-order valence-electron chi connectivity index (χ4n) is 2.83. The van der Waals surface area contributed by atoms with E-state index in [2.05, 4.69) is 10.5 Å². The summed E-state index contributed by atoms with van der Waals surface area (Å²) in [5, 5.41) is 5.90. The molecule has 1 aromatic carbocycles. The van der Waals surface area contributed by atoms with E-state index in [9.17, 15) is 13.2 Å². The van der Waals surface area contributed by atoms with Crippen LogP contribution in [0.1, 0.15) is 23.3 Å². The van der Waals surface area contributed by atoms with Crippen LogP contribution in [0.25, 0.3) is 0 Å². The van der Waals surface area contributed by atoms with Crippen molar-refractivity contribution in [2.24, 2.45) is 11.0 Å². The number of carbonyl (C=O) groups is 1. The number of aryl methyl sites for hydroxylation is 1. The highest BCUT2D eigenvalue weighted by molar-refractivity contribution is 7.89. The molecule has 2 heterocycles. The molecule has 0 atom stereocenters. The van der Waals surface area contributed by atoms with Crippen molar-refractivity contribution in [1.82, 2.24) is 9.73 Å². The molecule has 0 bridgehead atoms. The molecule has 0 aliphatic carbocycles. The summed E-state index contributed by atoms with van der Waals surface area (Å²) in [5.41, 5.74) is 3.57. The first-order valence-corrected chi connectivity index (χ1v) is 10.7. The van der Waals surface area contributed by atoms with E-state index in [1.54, 1.807) is 30.5 Å². The van der Waals surface area contributed by atoms with Crippen LogP contribution in [-0.4, -0.2) is 37.9 Å². The first kappa shape index (κ1) is 18.8. The zero-order valence-electron chi connectivity index (χ0n) is 14.5. The SMILES string of the molecule is Cc1ccc(S(=O)(=O)N2CCC(C(=O)N/N=C\c3cccs3)CC2)cc1. The van der Waals surface area contributed by atoms with Crippen molar-refractivity contribution in [1.29, 1.82) is 0 Å². The number of nitrogens with one attached hydrogen (secondary N) is 1. The topological polar surface area (TPSA) is 78.8 Å². The Balaban J connectivity index is 1.55. The summed E-state index contributed by atoms with van der Waals surface area (Å²) in [6.45, 7) is 2.59. The monoisotopic (exact) mass is 391 g/mol. The molecule has 1 fully saturated rings. The van der Waals surface area contributed by atoms with E-state index in [4.69, 9.17) is 0 Å². The molecule has 8 heteroatoms. The summed E-state index contributed by atoms with van der Waals surface area (Å²) in [6.07, 6.45) is 2.59. The third-order valence-electron chi connectivity index (χ3n) is 4.39. The Kier molecular flexibility index (Phi) is 5.85. The van der Waals surface area contributed by atoms with Gasteiger partial charge in [-0.15, -0.1) is 11.3 Å². The van der Waals surface area contributed by atoms with Gasteiger partial charge in [0.25, 0.3) is 0 Å². The Morgan fingerprint density at radius 1 is 1.23 bits per heavy atom. The van der Waals surface area contributed by atoms with Crippen LogP contribution in [0.5, 0.6) is 0 Å². The molecule has 1 amide bonds. The van der Waals surface area contributed by atoms with Gasteiger partial charge in [-0.05, 0) is 43.3 Å². The number of hydrogen-bond donors (Lipinski definition) is 1. The maximum Gasteiger partial charge on any atom is 0.243 e. The van der Waals surface area contributed by atoms with Crippen molar-refractivity contribution in [3.8, 4) is 0 Å². The van der Waals surface area contributed by atoms with Gasteiger partial charge in [0.05, 0.1) is 11.1 Å². The number of hydrogen-bond acceptors (Lipinski definition) is 5. The molecule has 1 aliphatic heterocycles. The molecule has 0 saturated carbocycles. The molecule has 26 heavy (non-hydrogen) atoms. The van der Waals surface area contributed by atoms with Gasteiger partial charge in [-0.2, -0.15) is 9.41 Å². The summed E-state index contributed by atoms with van der Waals surface area (Å²) in [4.78, 5) is 13.5. The third kappa shape index (κ3) is 4.38. The Morgan fingerprint density at radius 3 is 2.54 bits per heavy atom. The molecule has 6 nitrogen and oxygen atoms in total. The maximum absolute atomic E-state index is 12.7. The van der Waals surface area contributed by atoms with Crippen LogP contribution in [-0.2, 0) is 14.8 Å². The second-order valence-electron chi connectivity index (χ2n) is 6.24. The smallest absolute Gasteiger partial charge is 0.243 e. The quantitative estimate of drug-likeness (QED) is 0.629. The minimum atomic E-state index is -3.50. The van der Waals surface area contributed by atoms with Gasteiger partial charge in [0.1, 0.15) is 0 Å². The van der Waals surface area contributed by atoms with Crippen LogP contribution in [0.3, 0.4) is 0 Å². The summed E-state index contributed by atoms with van der Waals surface area (Å²) < 4.78 is 26.8. The van der Waals surface area contributed by atoms with E-state index in [0.717, 1.165) is 10.4 Å². The summed E-state index contributed by atoms with van der Waals surface area (Å²) in [7, 11) is -3.50. The molecule has 1 saturated heterocycles. The Hall–Kier alpha value is -2.03. The van der Waals surface area contributed by atoms with Crippen LogP contribution < -0.4 is 5.43 Å². The van der Waals surface area contributed by atoms with Gasteiger partial charge in [0.15, 0.2) is 0 Å². The van der Waals surface area contributed by atoms with E-state index >= 15 is 0 Å². The number of carbonyl (C=O) groups excluding carboxylic acids is 1. The van der Waals surface area contributed by atoms with E-state index < -0.39 is 10.0 Å². The Bertz CT molecular complexity index is 867. The Morgan fingerprint density at radius 2 is 1.92 bits per heavy atom. The number of rotatable bonds is 5. The highest BCUT2D eigenvalue weighted by Gasteiger charge is 2.31. The number of amides is 1. The number of benzene rings is 1. The van der Waals surface area contributed by atoms with Crippen molar-refractivity contribution in [2.75, 3.05) is 13.1 Å². The zero-order chi connectivity index (χ0) is 18.6. The lowest BCUT2D eigenvalue weighted by molar-refractivity contribution is -0.126. The van der Waals surface area contributed by atoms with E-state index in [0.29, 0.717) is 30.8 Å². The molecule has 1 aromatic heterocycles. The van der Waals surface area contributed by atoms with Crippen molar-refractivity contribution in [3.63, 3.8) is 0 Å². The van der Waals surface area contributed by atoms with E-state index in [-0.39, 0.29) is 11.8 Å². The van der Waals surface area contributed by atoms with Gasteiger partial charge in [0.2, 0.25) is 15.9 Å². The second-order valence-corrected chi connectivity index (χ2v) is 9.16. The number of sulfonamides is 1. The lowest BCUT2D eigenvalue weighted by atomic mass is 9.98. The predicted molar refractivity (Wildman–Crippen MR) is 103 cm³/mol. The van der Waals surface area contributed by atoms with Crippen LogP contribution in [0.4, 0.5) is 0 Å². The number of piperidine rings is 1. The molecule has 0 radical (unpaired) electrons. The van der Waals surface area contributed by atoms with E-state index in [1.807, 2.05) is 24.4 Å². The third-order valence-corrected chi connectivity index (χ3v) is 7.11.